The number of amides is 2. The lowest BCUT2D eigenvalue weighted by molar-refractivity contribution is -0.134. The van der Waals surface area contributed by atoms with Gasteiger partial charge in [-0.1, -0.05) is 0 Å². The molecular formula is C24H34N6O2. The first-order chi connectivity index (χ1) is 15.5. The summed E-state index contributed by atoms with van der Waals surface area (Å²) in [6.07, 6.45) is 3.47. The van der Waals surface area contributed by atoms with Gasteiger partial charge in [0.05, 0.1) is 17.1 Å². The number of imide groups is 1. The van der Waals surface area contributed by atoms with E-state index in [1.807, 2.05) is 11.7 Å². The molecule has 8 heteroatoms. The van der Waals surface area contributed by atoms with Crippen LogP contribution in [0.5, 0.6) is 0 Å². The average molecular weight is 439 g/mol. The Morgan fingerprint density at radius 3 is 2.69 bits per heavy atom. The third-order valence-electron chi connectivity index (χ3n) is 7.51. The van der Waals surface area contributed by atoms with Crippen molar-refractivity contribution in [2.24, 2.45) is 13.0 Å². The molecule has 1 aromatic carbocycles. The van der Waals surface area contributed by atoms with E-state index in [1.54, 1.807) is 0 Å². The monoisotopic (exact) mass is 438 g/mol. The number of hydrogen-bond donors (Lipinski definition) is 2. The second-order valence-corrected chi connectivity index (χ2v) is 9.70. The van der Waals surface area contributed by atoms with Gasteiger partial charge >= 0.3 is 0 Å². The molecule has 4 heterocycles. The SMILES string of the molecule is C[C@H]1CN(c2ccc3c(C4CCC(=O)NC4=O)nn(C)c3c2)CCN1CC1CCNCC1. The molecule has 0 bridgehead atoms. The van der Waals surface area contributed by atoms with E-state index in [9.17, 15) is 9.59 Å². The maximum absolute atomic E-state index is 12.4. The van der Waals surface area contributed by atoms with Gasteiger partial charge in [0.15, 0.2) is 0 Å². The Morgan fingerprint density at radius 1 is 1.12 bits per heavy atom. The Morgan fingerprint density at radius 2 is 1.94 bits per heavy atom. The van der Waals surface area contributed by atoms with Crippen molar-refractivity contribution < 1.29 is 9.59 Å². The minimum absolute atomic E-state index is 0.192. The van der Waals surface area contributed by atoms with Crippen LogP contribution in [0.2, 0.25) is 0 Å². The Balaban J connectivity index is 1.31. The molecule has 5 rings (SSSR count). The van der Waals surface area contributed by atoms with Crippen molar-refractivity contribution in [2.45, 2.75) is 44.6 Å². The lowest BCUT2D eigenvalue weighted by atomic mass is 9.92. The highest BCUT2D eigenvalue weighted by Crippen LogP contribution is 2.32. The predicted octanol–water partition coefficient (Wildman–Crippen LogP) is 1.60. The molecule has 2 amide bonds. The van der Waals surface area contributed by atoms with Crippen molar-refractivity contribution in [3.63, 3.8) is 0 Å². The highest BCUT2D eigenvalue weighted by molar-refractivity contribution is 6.02. The minimum atomic E-state index is -0.360. The molecule has 3 aliphatic rings. The number of carbonyl (C=O) groups excluding carboxylic acids is 2. The summed E-state index contributed by atoms with van der Waals surface area (Å²) in [5.41, 5.74) is 3.02. The topological polar surface area (TPSA) is 82.5 Å². The van der Waals surface area contributed by atoms with Gasteiger partial charge in [0.25, 0.3) is 0 Å². The fraction of sp³-hybridized carbons (Fsp3) is 0.625. The number of piperidine rings is 2. The van der Waals surface area contributed by atoms with Crippen LogP contribution in [0, 0.1) is 5.92 Å². The van der Waals surface area contributed by atoms with Crippen LogP contribution in [0.1, 0.15) is 44.2 Å². The Labute approximate surface area is 189 Å². The first-order valence-electron chi connectivity index (χ1n) is 12.0. The fourth-order valence-corrected chi connectivity index (χ4v) is 5.58. The predicted molar refractivity (Wildman–Crippen MR) is 125 cm³/mol. The van der Waals surface area contributed by atoms with Gasteiger partial charge in [0.2, 0.25) is 11.8 Å². The van der Waals surface area contributed by atoms with Crippen LogP contribution in [0.4, 0.5) is 5.69 Å². The fourth-order valence-electron chi connectivity index (χ4n) is 5.58. The number of piperazine rings is 1. The van der Waals surface area contributed by atoms with Crippen LogP contribution < -0.4 is 15.5 Å². The Kier molecular flexibility index (Phi) is 5.90. The number of nitrogens with zero attached hydrogens (tertiary/aromatic N) is 4. The lowest BCUT2D eigenvalue weighted by Crippen LogP contribution is -2.53. The van der Waals surface area contributed by atoms with Crippen molar-refractivity contribution in [3.05, 3.63) is 23.9 Å². The van der Waals surface area contributed by atoms with E-state index >= 15 is 0 Å². The second kappa shape index (κ2) is 8.83. The summed E-state index contributed by atoms with van der Waals surface area (Å²) < 4.78 is 1.87. The second-order valence-electron chi connectivity index (χ2n) is 9.70. The number of fused-ring (bicyclic) bond motifs is 1. The highest BCUT2D eigenvalue weighted by atomic mass is 16.2. The summed E-state index contributed by atoms with van der Waals surface area (Å²) >= 11 is 0. The van der Waals surface area contributed by atoms with Gasteiger partial charge in [0.1, 0.15) is 0 Å². The van der Waals surface area contributed by atoms with E-state index in [0.29, 0.717) is 18.9 Å². The van der Waals surface area contributed by atoms with Gasteiger partial charge in [-0.05, 0) is 63.4 Å². The van der Waals surface area contributed by atoms with E-state index in [-0.39, 0.29) is 17.7 Å². The van der Waals surface area contributed by atoms with E-state index in [2.05, 4.69) is 50.7 Å². The number of benzene rings is 1. The van der Waals surface area contributed by atoms with E-state index in [0.717, 1.165) is 55.2 Å². The molecule has 1 unspecified atom stereocenters. The number of carbonyl (C=O) groups is 2. The molecule has 0 spiro atoms. The molecule has 0 radical (unpaired) electrons. The summed E-state index contributed by atoms with van der Waals surface area (Å²) in [6.45, 7) is 9.02. The van der Waals surface area contributed by atoms with Crippen molar-refractivity contribution in [2.75, 3.05) is 44.2 Å². The molecule has 3 aliphatic heterocycles. The van der Waals surface area contributed by atoms with Gasteiger partial charge in [-0.2, -0.15) is 5.10 Å². The smallest absolute Gasteiger partial charge is 0.235 e. The molecule has 172 valence electrons. The van der Waals surface area contributed by atoms with Gasteiger partial charge in [-0.3, -0.25) is 24.5 Å². The summed E-state index contributed by atoms with van der Waals surface area (Å²) in [5.74, 6) is 0.0359. The maximum atomic E-state index is 12.4. The molecule has 3 saturated heterocycles. The maximum Gasteiger partial charge on any atom is 0.235 e. The minimum Gasteiger partial charge on any atom is -0.369 e. The van der Waals surface area contributed by atoms with Crippen molar-refractivity contribution >= 4 is 28.4 Å². The summed E-state index contributed by atoms with van der Waals surface area (Å²) in [7, 11) is 1.93. The number of aromatic nitrogens is 2. The molecule has 0 saturated carbocycles. The van der Waals surface area contributed by atoms with Crippen LogP contribution >= 0.6 is 0 Å². The van der Waals surface area contributed by atoms with E-state index < -0.39 is 0 Å². The zero-order valence-electron chi connectivity index (χ0n) is 19.1. The lowest BCUT2D eigenvalue weighted by Gasteiger charge is -2.42. The molecule has 3 fully saturated rings. The van der Waals surface area contributed by atoms with E-state index in [1.165, 1.54) is 25.1 Å². The van der Waals surface area contributed by atoms with Gasteiger partial charge in [-0.15, -0.1) is 0 Å². The summed E-state index contributed by atoms with van der Waals surface area (Å²) in [5, 5.41) is 11.6. The Hall–Kier alpha value is -2.45. The zero-order valence-corrected chi connectivity index (χ0v) is 19.1. The number of nitrogens with one attached hydrogen (secondary N) is 2. The van der Waals surface area contributed by atoms with E-state index in [4.69, 9.17) is 0 Å². The average Bonchev–Trinajstić information content (AvgIpc) is 3.11. The zero-order chi connectivity index (χ0) is 22.2. The largest absolute Gasteiger partial charge is 0.369 e. The van der Waals surface area contributed by atoms with Gasteiger partial charge in [0, 0.05) is 56.8 Å². The van der Waals surface area contributed by atoms with Crippen molar-refractivity contribution in [1.82, 2.24) is 25.3 Å². The molecule has 2 N–H and O–H groups in total. The van der Waals surface area contributed by atoms with Crippen LogP contribution in [0.3, 0.4) is 0 Å². The quantitative estimate of drug-likeness (QED) is 0.706. The third-order valence-corrected chi connectivity index (χ3v) is 7.51. The number of hydrogen-bond acceptors (Lipinski definition) is 6. The summed E-state index contributed by atoms with van der Waals surface area (Å²) in [4.78, 5) is 29.1. The Bertz CT molecular complexity index is 1010. The number of anilines is 1. The molecule has 1 aromatic heterocycles. The number of rotatable bonds is 4. The first kappa shape index (κ1) is 21.4. The molecule has 0 aliphatic carbocycles. The standard InChI is InChI=1S/C24H34N6O2/c1-16-14-30(12-11-29(16)15-17-7-9-25-10-8-17)18-3-4-19-21(13-18)28(2)27-23(19)20-5-6-22(31)26-24(20)32/h3-4,13,16-17,20,25H,5-12,14-15H2,1-2H3,(H,26,31,32)/t16-,20?/m0/s1. The van der Waals surface area contributed by atoms with Gasteiger partial charge < -0.3 is 10.2 Å². The van der Waals surface area contributed by atoms with Crippen molar-refractivity contribution in [1.29, 1.82) is 0 Å². The van der Waals surface area contributed by atoms with Crippen molar-refractivity contribution in [3.8, 4) is 0 Å². The molecule has 2 atom stereocenters. The normalized spacial score (nSPS) is 26.0. The molecule has 2 aromatic rings. The molecule has 8 nitrogen and oxygen atoms in total. The molecule has 32 heavy (non-hydrogen) atoms. The third kappa shape index (κ3) is 4.13. The summed E-state index contributed by atoms with van der Waals surface area (Å²) in [6, 6.07) is 6.99. The number of aryl methyl sites for hydroxylation is 1. The highest BCUT2D eigenvalue weighted by Gasteiger charge is 2.32. The van der Waals surface area contributed by atoms with Crippen LogP contribution in [0.15, 0.2) is 18.2 Å². The van der Waals surface area contributed by atoms with Crippen LogP contribution in [-0.4, -0.2) is 71.8 Å². The molecular weight excluding hydrogens is 404 g/mol. The van der Waals surface area contributed by atoms with Gasteiger partial charge in [-0.25, -0.2) is 0 Å². The first-order valence-corrected chi connectivity index (χ1v) is 12.0. The van der Waals surface area contributed by atoms with Crippen LogP contribution in [-0.2, 0) is 16.6 Å². The van der Waals surface area contributed by atoms with Crippen LogP contribution in [0.25, 0.3) is 10.9 Å².